The number of rotatable bonds is 5. The van der Waals surface area contributed by atoms with E-state index in [1.54, 1.807) is 0 Å². The molecule has 2 aliphatic rings. The van der Waals surface area contributed by atoms with E-state index in [1.807, 2.05) is 0 Å². The predicted molar refractivity (Wildman–Crippen MR) is 68.8 cm³/mol. The molecule has 2 rings (SSSR count). The molecule has 1 saturated heterocycles. The highest BCUT2D eigenvalue weighted by Crippen LogP contribution is 2.23. The largest absolute Gasteiger partial charge is 0.440 e. The summed E-state index contributed by atoms with van der Waals surface area (Å²) < 4.78 is 5.25. The molecule has 1 atom stereocenters. The van der Waals surface area contributed by atoms with Gasteiger partial charge in [-0.15, -0.1) is 0 Å². The Morgan fingerprint density at radius 2 is 2.16 bits per heavy atom. The van der Waals surface area contributed by atoms with Crippen LogP contribution in [0.15, 0.2) is 11.6 Å². The smallest absolute Gasteiger partial charge is 0.353 e. The molecule has 106 valence electrons. The molecule has 0 N–H and O–H groups in total. The molecule has 0 bridgehead atoms. The highest BCUT2D eigenvalue weighted by molar-refractivity contribution is 5.96. The number of unbranched alkanes of at least 4 members (excludes halogenated alkanes) is 3. The lowest BCUT2D eigenvalue weighted by Gasteiger charge is -2.25. The summed E-state index contributed by atoms with van der Waals surface area (Å²) in [7, 11) is 0. The second-order valence-electron chi connectivity index (χ2n) is 5.03. The van der Waals surface area contributed by atoms with Crippen molar-refractivity contribution >= 4 is 11.9 Å². The Labute approximate surface area is 113 Å². The van der Waals surface area contributed by atoms with Gasteiger partial charge in [0.1, 0.15) is 0 Å². The van der Waals surface area contributed by atoms with Crippen molar-refractivity contribution in [3.05, 3.63) is 11.6 Å². The summed E-state index contributed by atoms with van der Waals surface area (Å²) in [6.45, 7) is 2.76. The molecule has 1 fully saturated rings. The van der Waals surface area contributed by atoms with Crippen LogP contribution in [0.2, 0.25) is 0 Å². The predicted octanol–water partition coefficient (Wildman–Crippen LogP) is 2.32. The van der Waals surface area contributed by atoms with E-state index < -0.39 is 18.2 Å². The third-order valence-electron chi connectivity index (χ3n) is 3.46. The van der Waals surface area contributed by atoms with Crippen molar-refractivity contribution in [3.63, 3.8) is 0 Å². The SMILES string of the molecule is CCCCCC/C1=C/C(=O)OC2CCCN2OC1=O. The highest BCUT2D eigenvalue weighted by Gasteiger charge is 2.33. The molecule has 0 aromatic carbocycles. The molecular weight excluding hydrogens is 246 g/mol. The molecular formula is C14H21NO4. The minimum atomic E-state index is -0.431. The van der Waals surface area contributed by atoms with E-state index in [9.17, 15) is 9.59 Å². The Hall–Kier alpha value is -1.36. The summed E-state index contributed by atoms with van der Waals surface area (Å²) in [5, 5.41) is 1.49. The van der Waals surface area contributed by atoms with Crippen LogP contribution in [0.3, 0.4) is 0 Å². The molecule has 0 aromatic heterocycles. The van der Waals surface area contributed by atoms with E-state index in [1.165, 1.54) is 11.1 Å². The van der Waals surface area contributed by atoms with Crippen LogP contribution in [0, 0.1) is 0 Å². The van der Waals surface area contributed by atoms with Crippen molar-refractivity contribution in [2.24, 2.45) is 0 Å². The number of carbonyl (C=O) groups excluding carboxylic acids is 2. The molecule has 1 unspecified atom stereocenters. The number of esters is 1. The molecule has 5 nitrogen and oxygen atoms in total. The van der Waals surface area contributed by atoms with Gasteiger partial charge in [0.15, 0.2) is 6.23 Å². The van der Waals surface area contributed by atoms with Gasteiger partial charge in [-0.05, 0) is 19.3 Å². The quantitative estimate of drug-likeness (QED) is 0.565. The summed E-state index contributed by atoms with van der Waals surface area (Å²) in [5.74, 6) is -0.834. The van der Waals surface area contributed by atoms with Gasteiger partial charge in [-0.1, -0.05) is 31.2 Å². The number of hydrogen-bond acceptors (Lipinski definition) is 5. The van der Waals surface area contributed by atoms with E-state index in [-0.39, 0.29) is 0 Å². The van der Waals surface area contributed by atoms with Crippen LogP contribution in [-0.2, 0) is 19.2 Å². The Balaban J connectivity index is 1.97. The Bertz CT molecular complexity index is 378. The van der Waals surface area contributed by atoms with Gasteiger partial charge in [0.2, 0.25) is 0 Å². The van der Waals surface area contributed by atoms with Crippen molar-refractivity contribution in [3.8, 4) is 0 Å². The maximum absolute atomic E-state index is 12.0. The van der Waals surface area contributed by atoms with Gasteiger partial charge in [-0.2, -0.15) is 0 Å². The fourth-order valence-electron chi connectivity index (χ4n) is 2.38. The molecule has 0 saturated carbocycles. The average molecular weight is 267 g/mol. The maximum Gasteiger partial charge on any atom is 0.353 e. The molecule has 0 amide bonds. The second kappa shape index (κ2) is 6.70. The maximum atomic E-state index is 12.0. The molecule has 0 spiro atoms. The van der Waals surface area contributed by atoms with E-state index in [4.69, 9.17) is 9.57 Å². The first-order valence-electron chi connectivity index (χ1n) is 7.11. The number of fused-ring (bicyclic) bond motifs is 1. The van der Waals surface area contributed by atoms with Crippen molar-refractivity contribution in [2.45, 2.75) is 58.1 Å². The second-order valence-corrected chi connectivity index (χ2v) is 5.03. The minimum Gasteiger partial charge on any atom is -0.440 e. The van der Waals surface area contributed by atoms with Gasteiger partial charge in [-0.3, -0.25) is 0 Å². The van der Waals surface area contributed by atoms with Gasteiger partial charge < -0.3 is 9.57 Å². The van der Waals surface area contributed by atoms with Gasteiger partial charge in [0.05, 0.1) is 0 Å². The average Bonchev–Trinajstić information content (AvgIpc) is 2.78. The van der Waals surface area contributed by atoms with E-state index >= 15 is 0 Å². The van der Waals surface area contributed by atoms with Gasteiger partial charge in [-0.25, -0.2) is 9.59 Å². The monoisotopic (exact) mass is 267 g/mol. The van der Waals surface area contributed by atoms with Crippen LogP contribution in [0.5, 0.6) is 0 Å². The first-order valence-corrected chi connectivity index (χ1v) is 7.11. The fourth-order valence-corrected chi connectivity index (χ4v) is 2.38. The topological polar surface area (TPSA) is 55.8 Å². The lowest BCUT2D eigenvalue weighted by atomic mass is 10.1. The summed E-state index contributed by atoms with van der Waals surface area (Å²) in [4.78, 5) is 29.0. The molecule has 0 radical (unpaired) electrons. The van der Waals surface area contributed by atoms with Crippen LogP contribution < -0.4 is 0 Å². The summed E-state index contributed by atoms with van der Waals surface area (Å²) in [6, 6.07) is 0. The Kier molecular flexibility index (Phi) is 4.96. The molecule has 0 aromatic rings. The van der Waals surface area contributed by atoms with Crippen molar-refractivity contribution in [1.82, 2.24) is 5.06 Å². The number of hydroxylamine groups is 2. The standard InChI is InChI=1S/C14H21NO4/c1-2-3-4-5-7-11-10-13(16)18-12-8-6-9-15(12)19-14(11)17/h10,12H,2-9H2,1H3/b11-10-. The number of ether oxygens (including phenoxy) is 1. The highest BCUT2D eigenvalue weighted by atomic mass is 16.7. The molecule has 2 heterocycles. The zero-order valence-corrected chi connectivity index (χ0v) is 11.4. The first-order chi connectivity index (χ1) is 9.20. The third-order valence-corrected chi connectivity index (χ3v) is 3.46. The third kappa shape index (κ3) is 3.80. The molecule has 5 heteroatoms. The van der Waals surface area contributed by atoms with Crippen LogP contribution >= 0.6 is 0 Å². The molecule has 0 aliphatic carbocycles. The lowest BCUT2D eigenvalue weighted by molar-refractivity contribution is -0.226. The van der Waals surface area contributed by atoms with E-state index in [2.05, 4.69) is 6.92 Å². The number of hydrogen-bond donors (Lipinski definition) is 0. The lowest BCUT2D eigenvalue weighted by Crippen LogP contribution is -2.37. The van der Waals surface area contributed by atoms with Crippen LogP contribution in [-0.4, -0.2) is 29.8 Å². The number of nitrogens with zero attached hydrogens (tertiary/aromatic N) is 1. The first kappa shape index (κ1) is 14.1. The van der Waals surface area contributed by atoms with Crippen LogP contribution in [0.25, 0.3) is 0 Å². The van der Waals surface area contributed by atoms with E-state index in [0.717, 1.165) is 38.5 Å². The molecule has 2 aliphatic heterocycles. The van der Waals surface area contributed by atoms with E-state index in [0.29, 0.717) is 18.5 Å². The van der Waals surface area contributed by atoms with Gasteiger partial charge in [0.25, 0.3) is 0 Å². The summed E-state index contributed by atoms with van der Waals surface area (Å²) in [5.41, 5.74) is 0.423. The summed E-state index contributed by atoms with van der Waals surface area (Å²) >= 11 is 0. The zero-order valence-electron chi connectivity index (χ0n) is 11.4. The Morgan fingerprint density at radius 3 is 2.95 bits per heavy atom. The van der Waals surface area contributed by atoms with Crippen LogP contribution in [0.1, 0.15) is 51.9 Å². The Morgan fingerprint density at radius 1 is 1.32 bits per heavy atom. The molecule has 19 heavy (non-hydrogen) atoms. The van der Waals surface area contributed by atoms with Crippen molar-refractivity contribution in [2.75, 3.05) is 6.54 Å². The van der Waals surface area contributed by atoms with Crippen LogP contribution in [0.4, 0.5) is 0 Å². The normalized spacial score (nSPS) is 26.8. The zero-order chi connectivity index (χ0) is 13.7. The van der Waals surface area contributed by atoms with Crippen molar-refractivity contribution < 1.29 is 19.2 Å². The van der Waals surface area contributed by atoms with Gasteiger partial charge >= 0.3 is 11.9 Å². The number of carbonyl (C=O) groups is 2. The minimum absolute atomic E-state index is 0.403. The van der Waals surface area contributed by atoms with Gasteiger partial charge in [0, 0.05) is 24.6 Å². The fraction of sp³-hybridized carbons (Fsp3) is 0.714. The summed E-state index contributed by atoms with van der Waals surface area (Å²) in [6.07, 6.45) is 7.29. The van der Waals surface area contributed by atoms with Crippen molar-refractivity contribution in [1.29, 1.82) is 0 Å².